The number of hydrogen-bond acceptors (Lipinski definition) is 3. The monoisotopic (exact) mass is 179 g/mol. The van der Waals surface area contributed by atoms with Gasteiger partial charge >= 0.3 is 0 Å². The first kappa shape index (κ1) is 9.58. The molecule has 0 bridgehead atoms. The first-order valence-electron chi connectivity index (χ1n) is 4.25. The lowest BCUT2D eigenvalue weighted by Gasteiger charge is -2.05. The molecule has 0 spiro atoms. The number of rotatable bonds is 4. The van der Waals surface area contributed by atoms with E-state index in [1.807, 2.05) is 6.92 Å². The zero-order valence-corrected chi connectivity index (χ0v) is 7.62. The maximum atomic E-state index is 10.4. The summed E-state index contributed by atoms with van der Waals surface area (Å²) in [5.74, 6) is 0.713. The molecule has 3 nitrogen and oxygen atoms in total. The van der Waals surface area contributed by atoms with Crippen LogP contribution in [0.4, 0.5) is 5.69 Å². The van der Waals surface area contributed by atoms with Gasteiger partial charge in [-0.2, -0.15) is 0 Å². The van der Waals surface area contributed by atoms with Crippen molar-refractivity contribution in [1.29, 1.82) is 0 Å². The van der Waals surface area contributed by atoms with Crippen molar-refractivity contribution in [3.8, 4) is 5.75 Å². The van der Waals surface area contributed by atoms with E-state index in [-0.39, 0.29) is 0 Å². The van der Waals surface area contributed by atoms with Gasteiger partial charge in [-0.3, -0.25) is 4.79 Å². The lowest BCUT2D eigenvalue weighted by Crippen LogP contribution is -1.98. The summed E-state index contributed by atoms with van der Waals surface area (Å²) in [7, 11) is 0. The van der Waals surface area contributed by atoms with Crippen LogP contribution in [0.25, 0.3) is 0 Å². The minimum atomic E-state index is 0.462. The normalized spacial score (nSPS) is 9.62. The first-order valence-corrected chi connectivity index (χ1v) is 4.25. The zero-order valence-electron chi connectivity index (χ0n) is 7.62. The van der Waals surface area contributed by atoms with Gasteiger partial charge in [0.15, 0.2) is 6.29 Å². The van der Waals surface area contributed by atoms with Gasteiger partial charge < -0.3 is 10.5 Å². The number of aldehydes is 1. The van der Waals surface area contributed by atoms with Gasteiger partial charge in [0.25, 0.3) is 0 Å². The average molecular weight is 179 g/mol. The van der Waals surface area contributed by atoms with Crippen molar-refractivity contribution < 1.29 is 9.53 Å². The molecule has 0 saturated carbocycles. The predicted octanol–water partition coefficient (Wildman–Crippen LogP) is 1.87. The van der Waals surface area contributed by atoms with E-state index in [9.17, 15) is 4.79 Å². The van der Waals surface area contributed by atoms with E-state index < -0.39 is 0 Å². The minimum Gasteiger partial charge on any atom is -0.494 e. The van der Waals surface area contributed by atoms with Gasteiger partial charge in [0, 0.05) is 17.3 Å². The highest BCUT2D eigenvalue weighted by molar-refractivity contribution is 5.83. The molecule has 0 radical (unpaired) electrons. The van der Waals surface area contributed by atoms with Gasteiger partial charge in [-0.25, -0.2) is 0 Å². The van der Waals surface area contributed by atoms with E-state index in [2.05, 4.69) is 0 Å². The summed E-state index contributed by atoms with van der Waals surface area (Å²) < 4.78 is 5.34. The van der Waals surface area contributed by atoms with Crippen LogP contribution >= 0.6 is 0 Å². The molecule has 70 valence electrons. The van der Waals surface area contributed by atoms with Crippen LogP contribution < -0.4 is 10.5 Å². The molecule has 0 aliphatic carbocycles. The third-order valence-electron chi connectivity index (χ3n) is 1.66. The van der Waals surface area contributed by atoms with Gasteiger partial charge in [-0.15, -0.1) is 0 Å². The van der Waals surface area contributed by atoms with Crippen LogP contribution in [-0.2, 0) is 0 Å². The Bertz CT molecular complexity index is 297. The Morgan fingerprint density at radius 2 is 2.31 bits per heavy atom. The van der Waals surface area contributed by atoms with E-state index >= 15 is 0 Å². The first-order chi connectivity index (χ1) is 6.27. The van der Waals surface area contributed by atoms with Crippen LogP contribution in [0.1, 0.15) is 23.7 Å². The fourth-order valence-corrected chi connectivity index (χ4v) is 0.970. The number of ether oxygens (including phenoxy) is 1. The molecule has 0 saturated heterocycles. The summed E-state index contributed by atoms with van der Waals surface area (Å²) in [4.78, 5) is 10.4. The van der Waals surface area contributed by atoms with Crippen molar-refractivity contribution in [3.63, 3.8) is 0 Å². The van der Waals surface area contributed by atoms with Crippen LogP contribution in [0, 0.1) is 0 Å². The summed E-state index contributed by atoms with van der Waals surface area (Å²) in [6, 6.07) is 5.07. The van der Waals surface area contributed by atoms with Crippen LogP contribution in [0.15, 0.2) is 18.2 Å². The number of nitrogen functional groups attached to an aromatic ring is 1. The van der Waals surface area contributed by atoms with E-state index in [1.54, 1.807) is 18.2 Å². The zero-order chi connectivity index (χ0) is 9.68. The molecule has 0 heterocycles. The quantitative estimate of drug-likeness (QED) is 0.567. The van der Waals surface area contributed by atoms with E-state index in [4.69, 9.17) is 10.5 Å². The molecule has 3 heteroatoms. The number of anilines is 1. The lowest BCUT2D eigenvalue weighted by molar-refractivity contribution is 0.112. The molecule has 0 amide bonds. The van der Waals surface area contributed by atoms with E-state index in [0.29, 0.717) is 23.6 Å². The second-order valence-corrected chi connectivity index (χ2v) is 2.76. The van der Waals surface area contributed by atoms with Crippen molar-refractivity contribution in [3.05, 3.63) is 23.8 Å². The summed E-state index contributed by atoms with van der Waals surface area (Å²) in [6.07, 6.45) is 1.69. The largest absolute Gasteiger partial charge is 0.494 e. The van der Waals surface area contributed by atoms with Crippen LogP contribution in [0.2, 0.25) is 0 Å². The third-order valence-corrected chi connectivity index (χ3v) is 1.66. The highest BCUT2D eigenvalue weighted by Gasteiger charge is 1.99. The van der Waals surface area contributed by atoms with Gasteiger partial charge in [0.2, 0.25) is 0 Å². The van der Waals surface area contributed by atoms with Gasteiger partial charge in [0.05, 0.1) is 6.61 Å². The summed E-state index contributed by atoms with van der Waals surface area (Å²) in [5.41, 5.74) is 6.56. The van der Waals surface area contributed by atoms with Gasteiger partial charge in [-0.1, -0.05) is 6.92 Å². The Kier molecular flexibility index (Phi) is 3.31. The topological polar surface area (TPSA) is 52.3 Å². The Morgan fingerprint density at radius 3 is 2.85 bits per heavy atom. The van der Waals surface area contributed by atoms with Gasteiger partial charge in [0.1, 0.15) is 5.75 Å². The Morgan fingerprint density at radius 1 is 1.54 bits per heavy atom. The SMILES string of the molecule is CCCOc1ccc(C=O)c(N)c1. The summed E-state index contributed by atoms with van der Waals surface area (Å²) >= 11 is 0. The second-order valence-electron chi connectivity index (χ2n) is 2.76. The van der Waals surface area contributed by atoms with Crippen molar-refractivity contribution in [1.82, 2.24) is 0 Å². The van der Waals surface area contributed by atoms with Crippen LogP contribution in [0.3, 0.4) is 0 Å². The van der Waals surface area contributed by atoms with Crippen LogP contribution in [0.5, 0.6) is 5.75 Å². The number of carbonyl (C=O) groups excluding carboxylic acids is 1. The Hall–Kier alpha value is -1.51. The smallest absolute Gasteiger partial charge is 0.152 e. The molecule has 0 aromatic heterocycles. The lowest BCUT2D eigenvalue weighted by atomic mass is 10.2. The second kappa shape index (κ2) is 4.50. The van der Waals surface area contributed by atoms with E-state index in [1.165, 1.54) is 0 Å². The number of hydrogen-bond donors (Lipinski definition) is 1. The van der Waals surface area contributed by atoms with Crippen molar-refractivity contribution >= 4 is 12.0 Å². The Balaban J connectivity index is 2.77. The molecular formula is C10H13NO2. The Labute approximate surface area is 77.5 Å². The standard InChI is InChI=1S/C10H13NO2/c1-2-5-13-9-4-3-8(7-12)10(11)6-9/h3-4,6-7H,2,5,11H2,1H3. The average Bonchev–Trinajstić information content (AvgIpc) is 2.15. The third kappa shape index (κ3) is 2.47. The molecule has 1 rings (SSSR count). The maximum absolute atomic E-state index is 10.4. The molecule has 0 aliphatic heterocycles. The summed E-state index contributed by atoms with van der Waals surface area (Å²) in [6.45, 7) is 2.70. The predicted molar refractivity (Wildman–Crippen MR) is 52.0 cm³/mol. The molecule has 2 N–H and O–H groups in total. The molecule has 0 fully saturated rings. The van der Waals surface area contributed by atoms with Crippen LogP contribution in [-0.4, -0.2) is 12.9 Å². The minimum absolute atomic E-state index is 0.462. The molecule has 0 unspecified atom stereocenters. The number of benzene rings is 1. The molecule has 13 heavy (non-hydrogen) atoms. The van der Waals surface area contributed by atoms with Crippen molar-refractivity contribution in [2.24, 2.45) is 0 Å². The maximum Gasteiger partial charge on any atom is 0.152 e. The van der Waals surface area contributed by atoms with E-state index in [0.717, 1.165) is 12.7 Å². The highest BCUT2D eigenvalue weighted by atomic mass is 16.5. The fraction of sp³-hybridized carbons (Fsp3) is 0.300. The number of nitrogens with two attached hydrogens (primary N) is 1. The summed E-state index contributed by atoms with van der Waals surface area (Å²) in [5, 5.41) is 0. The van der Waals surface area contributed by atoms with Gasteiger partial charge in [-0.05, 0) is 18.6 Å². The fourth-order valence-electron chi connectivity index (χ4n) is 0.970. The molecule has 0 aliphatic rings. The molecule has 1 aromatic carbocycles. The molecular weight excluding hydrogens is 166 g/mol. The van der Waals surface area contributed by atoms with Crippen molar-refractivity contribution in [2.45, 2.75) is 13.3 Å². The number of carbonyl (C=O) groups is 1. The van der Waals surface area contributed by atoms with Crippen molar-refractivity contribution in [2.75, 3.05) is 12.3 Å². The molecule has 1 aromatic rings. The molecule has 0 atom stereocenters. The highest BCUT2D eigenvalue weighted by Crippen LogP contribution is 2.18.